The minimum absolute atomic E-state index is 0.0752. The summed E-state index contributed by atoms with van der Waals surface area (Å²) < 4.78 is 61.1. The van der Waals surface area contributed by atoms with Gasteiger partial charge in [0.05, 0.1) is 12.6 Å². The van der Waals surface area contributed by atoms with Gasteiger partial charge in [0.1, 0.15) is 0 Å². The number of piperidine rings is 1. The molecule has 0 aromatic rings. The maximum Gasteiger partial charge on any atom is 0.471 e. The highest BCUT2D eigenvalue weighted by molar-refractivity contribution is 5.82. The van der Waals surface area contributed by atoms with E-state index in [1.165, 1.54) is 0 Å². The van der Waals surface area contributed by atoms with Crippen molar-refractivity contribution in [2.24, 2.45) is 0 Å². The summed E-state index contributed by atoms with van der Waals surface area (Å²) in [5.74, 6) is -5.82. The SMILES string of the molecule is O=C(N1CC(O)CC(F)(F)C1)C(F)(F)F. The van der Waals surface area contributed by atoms with Gasteiger partial charge in [-0.3, -0.25) is 4.79 Å². The normalized spacial score (nSPS) is 26.5. The second-order valence-electron chi connectivity index (χ2n) is 3.40. The summed E-state index contributed by atoms with van der Waals surface area (Å²) >= 11 is 0. The van der Waals surface area contributed by atoms with Crippen LogP contribution in [0.15, 0.2) is 0 Å². The molecule has 88 valence electrons. The topological polar surface area (TPSA) is 40.5 Å². The van der Waals surface area contributed by atoms with Gasteiger partial charge in [-0.15, -0.1) is 0 Å². The van der Waals surface area contributed by atoms with Gasteiger partial charge in [0.2, 0.25) is 0 Å². The molecule has 1 heterocycles. The molecule has 1 aliphatic heterocycles. The van der Waals surface area contributed by atoms with E-state index < -0.39 is 43.6 Å². The minimum Gasteiger partial charge on any atom is -0.391 e. The van der Waals surface area contributed by atoms with Crippen LogP contribution >= 0.6 is 0 Å². The maximum absolute atomic E-state index is 12.7. The molecule has 1 rings (SSSR count). The Kier molecular flexibility index (Phi) is 2.90. The van der Waals surface area contributed by atoms with Gasteiger partial charge in [-0.25, -0.2) is 8.78 Å². The lowest BCUT2D eigenvalue weighted by Crippen LogP contribution is -2.54. The molecule has 0 radical (unpaired) electrons. The number of β-amino-alcohol motifs (C(OH)–C–C–N with tert-alkyl or cyclic N) is 1. The molecule has 0 aromatic carbocycles. The van der Waals surface area contributed by atoms with Crippen molar-refractivity contribution in [3.63, 3.8) is 0 Å². The van der Waals surface area contributed by atoms with Crippen LogP contribution in [0.1, 0.15) is 6.42 Å². The summed E-state index contributed by atoms with van der Waals surface area (Å²) in [7, 11) is 0. The molecule has 1 saturated heterocycles. The number of carbonyl (C=O) groups excluding carboxylic acids is 1. The summed E-state index contributed by atoms with van der Waals surface area (Å²) in [6.07, 6.45) is -7.73. The van der Waals surface area contributed by atoms with Gasteiger partial charge >= 0.3 is 12.1 Å². The number of alkyl halides is 5. The van der Waals surface area contributed by atoms with Crippen LogP contribution in [0.5, 0.6) is 0 Å². The molecule has 1 aliphatic rings. The highest BCUT2D eigenvalue weighted by Gasteiger charge is 2.49. The molecule has 3 nitrogen and oxygen atoms in total. The predicted octanol–water partition coefficient (Wildman–Crippen LogP) is 0.777. The molecule has 0 aromatic heterocycles. The Balaban J connectivity index is 2.75. The van der Waals surface area contributed by atoms with Gasteiger partial charge in [-0.05, 0) is 0 Å². The van der Waals surface area contributed by atoms with Gasteiger partial charge < -0.3 is 10.0 Å². The van der Waals surface area contributed by atoms with Crippen LogP contribution in [0.4, 0.5) is 22.0 Å². The number of aliphatic hydroxyl groups is 1. The van der Waals surface area contributed by atoms with Crippen molar-refractivity contribution in [3.8, 4) is 0 Å². The van der Waals surface area contributed by atoms with Gasteiger partial charge in [0.25, 0.3) is 5.92 Å². The standard InChI is InChI=1S/C7H8F5NO2/c8-6(9)1-4(14)2-13(3-6)5(15)7(10,11)12/h4,14H,1-3H2. The van der Waals surface area contributed by atoms with Crippen molar-refractivity contribution in [2.45, 2.75) is 24.6 Å². The molecular weight excluding hydrogens is 225 g/mol. The smallest absolute Gasteiger partial charge is 0.391 e. The zero-order chi connectivity index (χ0) is 11.9. The number of aliphatic hydroxyl groups excluding tert-OH is 1. The fourth-order valence-corrected chi connectivity index (χ4v) is 1.41. The molecule has 0 spiro atoms. The molecule has 1 N–H and O–H groups in total. The van der Waals surface area contributed by atoms with Crippen molar-refractivity contribution in [1.29, 1.82) is 0 Å². The van der Waals surface area contributed by atoms with Crippen LogP contribution in [-0.4, -0.2) is 47.2 Å². The third-order valence-corrected chi connectivity index (χ3v) is 1.92. The first-order valence-electron chi connectivity index (χ1n) is 4.04. The molecule has 1 fully saturated rings. The number of hydrogen-bond acceptors (Lipinski definition) is 2. The van der Waals surface area contributed by atoms with Crippen LogP contribution in [0.3, 0.4) is 0 Å². The fraction of sp³-hybridized carbons (Fsp3) is 0.857. The Morgan fingerprint density at radius 2 is 1.93 bits per heavy atom. The lowest BCUT2D eigenvalue weighted by atomic mass is 10.0. The molecular formula is C7H8F5NO2. The van der Waals surface area contributed by atoms with Gasteiger partial charge in [-0.1, -0.05) is 0 Å². The van der Waals surface area contributed by atoms with Crippen LogP contribution in [0.2, 0.25) is 0 Å². The molecule has 1 amide bonds. The van der Waals surface area contributed by atoms with Crippen molar-refractivity contribution >= 4 is 5.91 Å². The molecule has 1 unspecified atom stereocenters. The third-order valence-electron chi connectivity index (χ3n) is 1.92. The lowest BCUT2D eigenvalue weighted by Gasteiger charge is -2.35. The number of likely N-dealkylation sites (tertiary alicyclic amines) is 1. The average Bonchev–Trinajstić information content (AvgIpc) is 1.97. The van der Waals surface area contributed by atoms with E-state index in [0.717, 1.165) is 0 Å². The summed E-state index contributed by atoms with van der Waals surface area (Å²) in [5, 5.41) is 8.89. The van der Waals surface area contributed by atoms with E-state index in [1.807, 2.05) is 0 Å². The first kappa shape index (κ1) is 12.2. The Morgan fingerprint density at radius 3 is 2.33 bits per heavy atom. The number of amides is 1. The summed E-state index contributed by atoms with van der Waals surface area (Å²) in [5.41, 5.74) is 0. The van der Waals surface area contributed by atoms with E-state index in [-0.39, 0.29) is 4.90 Å². The largest absolute Gasteiger partial charge is 0.471 e. The second kappa shape index (κ2) is 3.58. The van der Waals surface area contributed by atoms with Gasteiger partial charge in [0.15, 0.2) is 0 Å². The summed E-state index contributed by atoms with van der Waals surface area (Å²) in [6, 6.07) is 0. The number of nitrogens with zero attached hydrogens (tertiary/aromatic N) is 1. The van der Waals surface area contributed by atoms with Gasteiger partial charge in [-0.2, -0.15) is 13.2 Å². The van der Waals surface area contributed by atoms with E-state index in [2.05, 4.69) is 0 Å². The zero-order valence-electron chi connectivity index (χ0n) is 7.39. The molecule has 8 heteroatoms. The highest BCUT2D eigenvalue weighted by Crippen LogP contribution is 2.29. The summed E-state index contributed by atoms with van der Waals surface area (Å²) in [6.45, 7) is -2.02. The maximum atomic E-state index is 12.7. The first-order valence-corrected chi connectivity index (χ1v) is 4.04. The Hall–Kier alpha value is -0.920. The number of carbonyl (C=O) groups is 1. The number of hydrogen-bond donors (Lipinski definition) is 1. The van der Waals surface area contributed by atoms with Crippen LogP contribution in [0.25, 0.3) is 0 Å². The predicted molar refractivity (Wildman–Crippen MR) is 38.2 cm³/mol. The Bertz CT molecular complexity index is 265. The zero-order valence-corrected chi connectivity index (χ0v) is 7.39. The van der Waals surface area contributed by atoms with E-state index in [4.69, 9.17) is 5.11 Å². The number of halogens is 5. The summed E-state index contributed by atoms with van der Waals surface area (Å²) in [4.78, 5) is 10.5. The molecule has 1 atom stereocenters. The van der Waals surface area contributed by atoms with Crippen molar-refractivity contribution in [1.82, 2.24) is 4.90 Å². The minimum atomic E-state index is -5.19. The molecule has 0 saturated carbocycles. The van der Waals surface area contributed by atoms with E-state index >= 15 is 0 Å². The quantitative estimate of drug-likeness (QED) is 0.628. The molecule has 15 heavy (non-hydrogen) atoms. The molecule has 0 aliphatic carbocycles. The van der Waals surface area contributed by atoms with Gasteiger partial charge in [0, 0.05) is 13.0 Å². The van der Waals surface area contributed by atoms with Crippen molar-refractivity contribution in [3.05, 3.63) is 0 Å². The number of rotatable bonds is 0. The second-order valence-corrected chi connectivity index (χ2v) is 3.40. The average molecular weight is 233 g/mol. The van der Waals surface area contributed by atoms with E-state index in [0.29, 0.717) is 0 Å². The Morgan fingerprint density at radius 1 is 1.40 bits per heavy atom. The van der Waals surface area contributed by atoms with Crippen LogP contribution in [0, 0.1) is 0 Å². The van der Waals surface area contributed by atoms with Crippen LogP contribution < -0.4 is 0 Å². The monoisotopic (exact) mass is 233 g/mol. The lowest BCUT2D eigenvalue weighted by molar-refractivity contribution is -0.197. The first-order chi connectivity index (χ1) is 6.62. The molecule has 0 bridgehead atoms. The van der Waals surface area contributed by atoms with Crippen molar-refractivity contribution < 1.29 is 31.9 Å². The highest BCUT2D eigenvalue weighted by atomic mass is 19.4. The van der Waals surface area contributed by atoms with Crippen LogP contribution in [-0.2, 0) is 4.79 Å². The van der Waals surface area contributed by atoms with E-state index in [1.54, 1.807) is 0 Å². The van der Waals surface area contributed by atoms with Crippen molar-refractivity contribution in [2.75, 3.05) is 13.1 Å². The fourth-order valence-electron chi connectivity index (χ4n) is 1.41. The van der Waals surface area contributed by atoms with E-state index in [9.17, 15) is 26.7 Å². The Labute approximate surface area is 81.5 Å². The third kappa shape index (κ3) is 3.01.